The van der Waals surface area contributed by atoms with Crippen LogP contribution in [0.2, 0.25) is 0 Å². The number of aliphatic carboxylic acids is 1. The SMILES string of the molecule is COc1ccc(C(C)Nc2cccc(-c3cc(C)c(C(=O)NC(C)C(=O)O)c(C)c3)c2)cc1. The van der Waals surface area contributed by atoms with Crippen molar-refractivity contribution in [3.63, 3.8) is 0 Å². The first kappa shape index (κ1) is 23.9. The first-order valence-corrected chi connectivity index (χ1v) is 10.9. The van der Waals surface area contributed by atoms with Gasteiger partial charge in [0.25, 0.3) is 5.91 Å². The first-order chi connectivity index (χ1) is 15.7. The predicted molar refractivity (Wildman–Crippen MR) is 131 cm³/mol. The van der Waals surface area contributed by atoms with E-state index >= 15 is 0 Å². The second kappa shape index (κ2) is 10.2. The van der Waals surface area contributed by atoms with Crippen LogP contribution in [0.15, 0.2) is 60.7 Å². The average Bonchev–Trinajstić information content (AvgIpc) is 2.78. The van der Waals surface area contributed by atoms with Gasteiger partial charge in [0.2, 0.25) is 0 Å². The summed E-state index contributed by atoms with van der Waals surface area (Å²) in [5.74, 6) is -0.619. The largest absolute Gasteiger partial charge is 0.497 e. The van der Waals surface area contributed by atoms with Crippen molar-refractivity contribution in [2.24, 2.45) is 0 Å². The maximum atomic E-state index is 12.6. The van der Waals surface area contributed by atoms with E-state index in [0.717, 1.165) is 39.3 Å². The molecular formula is C27H30N2O4. The molecule has 3 rings (SSSR count). The van der Waals surface area contributed by atoms with E-state index in [9.17, 15) is 9.59 Å². The molecule has 3 N–H and O–H groups in total. The number of methoxy groups -OCH3 is 1. The Morgan fingerprint density at radius 3 is 2.12 bits per heavy atom. The molecule has 33 heavy (non-hydrogen) atoms. The fourth-order valence-electron chi connectivity index (χ4n) is 3.83. The Bertz CT molecular complexity index is 1130. The lowest BCUT2D eigenvalue weighted by atomic mass is 9.94. The molecule has 0 saturated heterocycles. The Hall–Kier alpha value is -3.80. The van der Waals surface area contributed by atoms with Crippen molar-refractivity contribution in [3.8, 4) is 16.9 Å². The predicted octanol–water partition coefficient (Wildman–Crippen LogP) is 5.36. The molecule has 1 amide bonds. The molecule has 0 heterocycles. The summed E-state index contributed by atoms with van der Waals surface area (Å²) < 4.78 is 5.23. The third-order valence-corrected chi connectivity index (χ3v) is 5.67. The zero-order valence-electron chi connectivity index (χ0n) is 19.6. The molecule has 172 valence electrons. The van der Waals surface area contributed by atoms with Crippen molar-refractivity contribution in [3.05, 3.63) is 82.9 Å². The highest BCUT2D eigenvalue weighted by molar-refractivity contribution is 5.99. The van der Waals surface area contributed by atoms with E-state index in [1.165, 1.54) is 6.92 Å². The zero-order chi connectivity index (χ0) is 24.1. The molecule has 0 bridgehead atoms. The maximum absolute atomic E-state index is 12.6. The average molecular weight is 447 g/mol. The summed E-state index contributed by atoms with van der Waals surface area (Å²) >= 11 is 0. The van der Waals surface area contributed by atoms with Crippen LogP contribution in [0.3, 0.4) is 0 Å². The maximum Gasteiger partial charge on any atom is 0.325 e. The number of amides is 1. The van der Waals surface area contributed by atoms with E-state index in [2.05, 4.69) is 23.6 Å². The van der Waals surface area contributed by atoms with Crippen molar-refractivity contribution in [2.45, 2.75) is 39.8 Å². The van der Waals surface area contributed by atoms with E-state index in [1.54, 1.807) is 7.11 Å². The van der Waals surface area contributed by atoms with Crippen LogP contribution in [0.5, 0.6) is 5.75 Å². The third-order valence-electron chi connectivity index (χ3n) is 5.67. The number of nitrogens with one attached hydrogen (secondary N) is 2. The number of benzene rings is 3. The van der Waals surface area contributed by atoms with Crippen LogP contribution in [-0.2, 0) is 4.79 Å². The summed E-state index contributed by atoms with van der Waals surface area (Å²) in [4.78, 5) is 23.7. The van der Waals surface area contributed by atoms with Crippen molar-refractivity contribution >= 4 is 17.6 Å². The van der Waals surface area contributed by atoms with Gasteiger partial charge in [0.15, 0.2) is 0 Å². The van der Waals surface area contributed by atoms with Crippen LogP contribution in [-0.4, -0.2) is 30.1 Å². The van der Waals surface area contributed by atoms with E-state index < -0.39 is 12.0 Å². The number of carboxylic acid groups (broad SMARTS) is 1. The van der Waals surface area contributed by atoms with Gasteiger partial charge >= 0.3 is 5.97 Å². The second-order valence-electron chi connectivity index (χ2n) is 8.24. The number of carbonyl (C=O) groups is 2. The van der Waals surface area contributed by atoms with E-state index in [0.29, 0.717) is 5.56 Å². The third kappa shape index (κ3) is 5.71. The standard InChI is InChI=1S/C27H30N2O4/c1-16-13-22(14-17(2)25(16)26(30)29-19(4)27(31)32)21-7-6-8-23(15-21)28-18(3)20-9-11-24(33-5)12-10-20/h6-15,18-19,28H,1-5H3,(H,29,30)(H,31,32). The van der Waals surface area contributed by atoms with Crippen molar-refractivity contribution in [1.82, 2.24) is 5.32 Å². The zero-order valence-corrected chi connectivity index (χ0v) is 19.6. The molecule has 6 nitrogen and oxygen atoms in total. The molecule has 3 aromatic carbocycles. The molecule has 0 aliphatic heterocycles. The van der Waals surface area contributed by atoms with Gasteiger partial charge in [0.05, 0.1) is 7.11 Å². The quantitative estimate of drug-likeness (QED) is 0.434. The number of anilines is 1. The Morgan fingerprint density at radius 2 is 1.55 bits per heavy atom. The van der Waals surface area contributed by atoms with Gasteiger partial charge < -0.3 is 20.5 Å². The van der Waals surface area contributed by atoms with Crippen LogP contribution in [0.4, 0.5) is 5.69 Å². The Balaban J connectivity index is 1.81. The van der Waals surface area contributed by atoms with E-state index in [4.69, 9.17) is 9.84 Å². The number of carboxylic acids is 1. The Kier molecular flexibility index (Phi) is 7.38. The molecule has 0 aliphatic carbocycles. The van der Waals surface area contributed by atoms with E-state index in [-0.39, 0.29) is 11.9 Å². The molecule has 0 spiro atoms. The van der Waals surface area contributed by atoms with Crippen molar-refractivity contribution < 1.29 is 19.4 Å². The van der Waals surface area contributed by atoms with Gasteiger partial charge in [-0.05, 0) is 79.8 Å². The summed E-state index contributed by atoms with van der Waals surface area (Å²) in [6.07, 6.45) is 0. The molecule has 2 unspecified atom stereocenters. The fourth-order valence-corrected chi connectivity index (χ4v) is 3.83. The van der Waals surface area contributed by atoms with Crippen LogP contribution >= 0.6 is 0 Å². The minimum atomic E-state index is -1.07. The lowest BCUT2D eigenvalue weighted by Crippen LogP contribution is -2.38. The number of carbonyl (C=O) groups excluding carboxylic acids is 1. The summed E-state index contributed by atoms with van der Waals surface area (Å²) in [7, 11) is 1.65. The molecule has 0 fully saturated rings. The van der Waals surface area contributed by atoms with Crippen LogP contribution in [0, 0.1) is 13.8 Å². The summed E-state index contributed by atoms with van der Waals surface area (Å²) in [6.45, 7) is 7.29. The summed E-state index contributed by atoms with van der Waals surface area (Å²) in [6, 6.07) is 19.2. The van der Waals surface area contributed by atoms with Gasteiger partial charge in [0.1, 0.15) is 11.8 Å². The van der Waals surface area contributed by atoms with E-state index in [1.807, 2.05) is 68.4 Å². The van der Waals surface area contributed by atoms with Gasteiger partial charge in [-0.25, -0.2) is 0 Å². The fraction of sp³-hybridized carbons (Fsp3) is 0.259. The first-order valence-electron chi connectivity index (χ1n) is 10.9. The molecule has 3 aromatic rings. The summed E-state index contributed by atoms with van der Waals surface area (Å²) in [5.41, 5.74) is 6.26. The molecule has 0 aromatic heterocycles. The Morgan fingerprint density at radius 1 is 0.909 bits per heavy atom. The normalized spacial score (nSPS) is 12.5. The van der Waals surface area contributed by atoms with Crippen molar-refractivity contribution in [2.75, 3.05) is 12.4 Å². The molecule has 0 aliphatic rings. The van der Waals surface area contributed by atoms with Gasteiger partial charge in [0, 0.05) is 17.3 Å². The lowest BCUT2D eigenvalue weighted by molar-refractivity contribution is -0.138. The lowest BCUT2D eigenvalue weighted by Gasteiger charge is -2.18. The number of ether oxygens (including phenoxy) is 1. The Labute approximate surface area is 194 Å². The highest BCUT2D eigenvalue weighted by atomic mass is 16.5. The number of hydrogen-bond acceptors (Lipinski definition) is 4. The molecule has 0 saturated carbocycles. The van der Waals surface area contributed by atoms with Crippen LogP contribution < -0.4 is 15.4 Å². The second-order valence-corrected chi connectivity index (χ2v) is 8.24. The smallest absolute Gasteiger partial charge is 0.325 e. The van der Waals surface area contributed by atoms with Gasteiger partial charge in [-0.3, -0.25) is 9.59 Å². The van der Waals surface area contributed by atoms with Gasteiger partial charge in [-0.2, -0.15) is 0 Å². The topological polar surface area (TPSA) is 87.7 Å². The molecule has 0 radical (unpaired) electrons. The van der Waals surface area contributed by atoms with Gasteiger partial charge in [-0.15, -0.1) is 0 Å². The summed E-state index contributed by atoms with van der Waals surface area (Å²) in [5, 5.41) is 15.1. The highest BCUT2D eigenvalue weighted by Crippen LogP contribution is 2.29. The molecule has 2 atom stereocenters. The monoisotopic (exact) mass is 446 g/mol. The molecular weight excluding hydrogens is 416 g/mol. The van der Waals surface area contributed by atoms with Crippen LogP contribution in [0.25, 0.3) is 11.1 Å². The van der Waals surface area contributed by atoms with Gasteiger partial charge in [-0.1, -0.05) is 36.4 Å². The number of rotatable bonds is 8. The minimum Gasteiger partial charge on any atom is -0.497 e. The number of hydrogen-bond donors (Lipinski definition) is 3. The van der Waals surface area contributed by atoms with Crippen molar-refractivity contribution in [1.29, 1.82) is 0 Å². The van der Waals surface area contributed by atoms with Crippen LogP contribution in [0.1, 0.15) is 46.9 Å². The minimum absolute atomic E-state index is 0.108. The highest BCUT2D eigenvalue weighted by Gasteiger charge is 2.19. The molecule has 6 heteroatoms. The number of aryl methyl sites for hydroxylation is 2.